The van der Waals surface area contributed by atoms with E-state index >= 15 is 0 Å². The van der Waals surface area contributed by atoms with Gasteiger partial charge in [-0.05, 0) is 0 Å². The van der Waals surface area contributed by atoms with Crippen LogP contribution in [-0.2, 0) is 23.9 Å². The lowest BCUT2D eigenvalue weighted by Crippen LogP contribution is -2.21. The van der Waals surface area contributed by atoms with E-state index in [1.165, 1.54) is 7.11 Å². The highest BCUT2D eigenvalue weighted by Crippen LogP contribution is 1.89. The van der Waals surface area contributed by atoms with E-state index in [0.29, 0.717) is 0 Å². The molecule has 0 bridgehead atoms. The topological polar surface area (TPSA) is 69.7 Å². The highest BCUT2D eigenvalue weighted by molar-refractivity contribution is 6.37. The van der Waals surface area contributed by atoms with Crippen molar-refractivity contribution in [2.75, 3.05) is 20.8 Å². The zero-order valence-electron chi connectivity index (χ0n) is 6.96. The summed E-state index contributed by atoms with van der Waals surface area (Å²) in [5, 5.41) is 0. The van der Waals surface area contributed by atoms with Crippen LogP contribution in [0, 0.1) is 0 Å². The fourth-order valence-corrected chi connectivity index (χ4v) is 0.577. The molecule has 0 N–H and O–H groups in total. The van der Waals surface area contributed by atoms with E-state index < -0.39 is 24.0 Å². The highest BCUT2D eigenvalue weighted by atomic mass is 16.5. The zero-order valence-corrected chi connectivity index (χ0v) is 6.96. The summed E-state index contributed by atoms with van der Waals surface area (Å²) in [5.41, 5.74) is 0. The lowest BCUT2D eigenvalue weighted by atomic mass is 10.2. The van der Waals surface area contributed by atoms with Crippen molar-refractivity contribution in [3.8, 4) is 0 Å². The third-order valence-electron chi connectivity index (χ3n) is 1.08. The van der Waals surface area contributed by atoms with Gasteiger partial charge in [0.2, 0.25) is 5.78 Å². The number of rotatable bonds is 5. The number of hydrogen-bond acceptors (Lipinski definition) is 5. The molecule has 12 heavy (non-hydrogen) atoms. The Morgan fingerprint density at radius 1 is 1.17 bits per heavy atom. The Morgan fingerprint density at radius 3 is 2.17 bits per heavy atom. The summed E-state index contributed by atoms with van der Waals surface area (Å²) in [4.78, 5) is 31.9. The monoisotopic (exact) mass is 174 g/mol. The first-order valence-corrected chi connectivity index (χ1v) is 3.23. The van der Waals surface area contributed by atoms with Gasteiger partial charge in [-0.25, -0.2) is 4.79 Å². The number of hydrogen-bond donors (Lipinski definition) is 0. The summed E-state index contributed by atoms with van der Waals surface area (Å²) in [6.07, 6.45) is -0.458. The first-order chi connectivity index (χ1) is 5.61. The molecule has 0 aromatic carbocycles. The van der Waals surface area contributed by atoms with E-state index in [-0.39, 0.29) is 6.61 Å². The van der Waals surface area contributed by atoms with E-state index in [4.69, 9.17) is 0 Å². The molecule has 0 aromatic heterocycles. The molecule has 0 radical (unpaired) electrons. The standard InChI is InChI=1S/C7H10O5/c1-11-4-5(8)3-6(9)7(10)12-2/h3-4H2,1-2H3. The number of carbonyl (C=O) groups excluding carboxylic acids is 3. The van der Waals surface area contributed by atoms with Gasteiger partial charge in [0, 0.05) is 7.11 Å². The molecule has 5 nitrogen and oxygen atoms in total. The van der Waals surface area contributed by atoms with Gasteiger partial charge >= 0.3 is 5.97 Å². The van der Waals surface area contributed by atoms with Gasteiger partial charge in [-0.1, -0.05) is 0 Å². The fraction of sp³-hybridized carbons (Fsp3) is 0.571. The maximum absolute atomic E-state index is 10.7. The molecule has 0 unspecified atom stereocenters. The van der Waals surface area contributed by atoms with Crippen molar-refractivity contribution < 1.29 is 23.9 Å². The smallest absolute Gasteiger partial charge is 0.374 e. The zero-order chi connectivity index (χ0) is 9.56. The lowest BCUT2D eigenvalue weighted by molar-refractivity contribution is -0.152. The predicted molar refractivity (Wildman–Crippen MR) is 38.5 cm³/mol. The van der Waals surface area contributed by atoms with Crippen LogP contribution in [0.5, 0.6) is 0 Å². The number of Topliss-reactive ketones (excluding diaryl/α,β-unsaturated/α-hetero) is 2. The second-order valence-corrected chi connectivity index (χ2v) is 2.06. The average Bonchev–Trinajstić information content (AvgIpc) is 2.03. The summed E-state index contributed by atoms with van der Waals surface area (Å²) >= 11 is 0. The van der Waals surface area contributed by atoms with Crippen molar-refractivity contribution in [3.63, 3.8) is 0 Å². The minimum atomic E-state index is -1.00. The molecule has 0 aliphatic carbocycles. The van der Waals surface area contributed by atoms with Gasteiger partial charge in [-0.15, -0.1) is 0 Å². The van der Waals surface area contributed by atoms with Crippen molar-refractivity contribution in [1.29, 1.82) is 0 Å². The van der Waals surface area contributed by atoms with Crippen LogP contribution in [0.2, 0.25) is 0 Å². The third-order valence-corrected chi connectivity index (χ3v) is 1.08. The lowest BCUT2D eigenvalue weighted by Gasteiger charge is -1.97. The van der Waals surface area contributed by atoms with Gasteiger partial charge in [0.1, 0.15) is 6.61 Å². The maximum Gasteiger partial charge on any atom is 0.374 e. The Kier molecular flexibility index (Phi) is 4.87. The Bertz CT molecular complexity index is 196. The number of ketones is 2. The van der Waals surface area contributed by atoms with Crippen LogP contribution >= 0.6 is 0 Å². The summed E-state index contributed by atoms with van der Waals surface area (Å²) < 4.78 is 8.57. The largest absolute Gasteiger partial charge is 0.463 e. The molecule has 0 saturated heterocycles. The normalized spacial score (nSPS) is 9.17. The minimum Gasteiger partial charge on any atom is -0.463 e. The van der Waals surface area contributed by atoms with E-state index in [0.717, 1.165) is 7.11 Å². The molecule has 5 heteroatoms. The summed E-state index contributed by atoms with van der Waals surface area (Å²) in [6.45, 7) is -0.164. The van der Waals surface area contributed by atoms with Gasteiger partial charge in [-0.3, -0.25) is 9.59 Å². The van der Waals surface area contributed by atoms with Gasteiger partial charge in [0.15, 0.2) is 5.78 Å². The van der Waals surface area contributed by atoms with E-state index in [1.54, 1.807) is 0 Å². The molecule has 0 atom stereocenters. The molecule has 0 amide bonds. The van der Waals surface area contributed by atoms with E-state index in [1.807, 2.05) is 0 Å². The first kappa shape index (κ1) is 10.8. The van der Waals surface area contributed by atoms with Crippen LogP contribution in [0.3, 0.4) is 0 Å². The van der Waals surface area contributed by atoms with Crippen LogP contribution in [0.4, 0.5) is 0 Å². The van der Waals surface area contributed by atoms with Crippen molar-refractivity contribution in [3.05, 3.63) is 0 Å². The molecule has 68 valence electrons. The van der Waals surface area contributed by atoms with Gasteiger partial charge in [0.05, 0.1) is 13.5 Å². The Balaban J connectivity index is 3.84. The number of esters is 1. The van der Waals surface area contributed by atoms with Crippen LogP contribution in [0.1, 0.15) is 6.42 Å². The van der Waals surface area contributed by atoms with Gasteiger partial charge in [0.25, 0.3) is 0 Å². The fourth-order valence-electron chi connectivity index (χ4n) is 0.577. The summed E-state index contributed by atoms with van der Waals surface area (Å²) in [5.74, 6) is -2.29. The molecule has 0 aliphatic heterocycles. The molecular formula is C7H10O5. The predicted octanol–water partition coefficient (Wildman–Crippen LogP) is -0.666. The summed E-state index contributed by atoms with van der Waals surface area (Å²) in [6, 6.07) is 0. The average molecular weight is 174 g/mol. The molecule has 0 aromatic rings. The summed E-state index contributed by atoms with van der Waals surface area (Å²) in [7, 11) is 2.42. The van der Waals surface area contributed by atoms with Crippen molar-refractivity contribution in [2.24, 2.45) is 0 Å². The molecule has 0 heterocycles. The number of carbonyl (C=O) groups is 3. The molecule has 0 fully saturated rings. The second kappa shape index (κ2) is 5.42. The molecule has 0 rings (SSSR count). The van der Waals surface area contributed by atoms with Crippen LogP contribution < -0.4 is 0 Å². The second-order valence-electron chi connectivity index (χ2n) is 2.06. The third kappa shape index (κ3) is 3.82. The van der Waals surface area contributed by atoms with Gasteiger partial charge in [-0.2, -0.15) is 0 Å². The Hall–Kier alpha value is -1.23. The number of ether oxygens (including phenoxy) is 2. The highest BCUT2D eigenvalue weighted by Gasteiger charge is 2.17. The SMILES string of the molecule is COCC(=O)CC(=O)C(=O)OC. The van der Waals surface area contributed by atoms with Crippen LogP contribution in [0.25, 0.3) is 0 Å². The van der Waals surface area contributed by atoms with Crippen molar-refractivity contribution >= 4 is 17.5 Å². The quantitative estimate of drug-likeness (QED) is 0.314. The molecular weight excluding hydrogens is 164 g/mol. The minimum absolute atomic E-state index is 0.164. The van der Waals surface area contributed by atoms with Crippen LogP contribution in [-0.4, -0.2) is 38.4 Å². The Morgan fingerprint density at radius 2 is 1.75 bits per heavy atom. The van der Waals surface area contributed by atoms with Crippen molar-refractivity contribution in [1.82, 2.24) is 0 Å². The number of methoxy groups -OCH3 is 2. The molecule has 0 spiro atoms. The van der Waals surface area contributed by atoms with E-state index in [2.05, 4.69) is 9.47 Å². The van der Waals surface area contributed by atoms with Crippen molar-refractivity contribution in [2.45, 2.75) is 6.42 Å². The first-order valence-electron chi connectivity index (χ1n) is 3.23. The van der Waals surface area contributed by atoms with Crippen LogP contribution in [0.15, 0.2) is 0 Å². The van der Waals surface area contributed by atoms with Gasteiger partial charge < -0.3 is 9.47 Å². The Labute approximate surface area is 69.6 Å². The molecule has 0 aliphatic rings. The molecule has 0 saturated carbocycles. The maximum atomic E-state index is 10.7. The van der Waals surface area contributed by atoms with E-state index in [9.17, 15) is 14.4 Å².